The maximum Gasteiger partial charge on any atom is 0.123 e. The molecular formula is C12H15FO2S. The van der Waals surface area contributed by atoms with E-state index in [0.29, 0.717) is 0 Å². The summed E-state index contributed by atoms with van der Waals surface area (Å²) >= 11 is 1.77. The highest BCUT2D eigenvalue weighted by Gasteiger charge is 2.22. The van der Waals surface area contributed by atoms with E-state index < -0.39 is 0 Å². The van der Waals surface area contributed by atoms with Gasteiger partial charge in [-0.05, 0) is 30.4 Å². The Bertz CT molecular complexity index is 357. The Balaban J connectivity index is 1.81. The lowest BCUT2D eigenvalue weighted by Gasteiger charge is -2.09. The van der Waals surface area contributed by atoms with Crippen LogP contribution in [0.15, 0.2) is 18.2 Å². The van der Waals surface area contributed by atoms with E-state index in [1.807, 2.05) is 0 Å². The highest BCUT2D eigenvalue weighted by atomic mass is 32.2. The fraction of sp³-hybridized carbons (Fsp3) is 0.500. The summed E-state index contributed by atoms with van der Waals surface area (Å²) in [7, 11) is 0. The number of ether oxygens (including phenoxy) is 1. The van der Waals surface area contributed by atoms with Crippen molar-refractivity contribution in [1.82, 2.24) is 0 Å². The van der Waals surface area contributed by atoms with Crippen LogP contribution in [0.1, 0.15) is 12.0 Å². The SMILES string of the molecule is OCCCSCC1Cc2cc(F)ccc2O1. The van der Waals surface area contributed by atoms with E-state index >= 15 is 0 Å². The predicted molar refractivity (Wildman–Crippen MR) is 63.5 cm³/mol. The van der Waals surface area contributed by atoms with Crippen LogP contribution >= 0.6 is 11.8 Å². The molecule has 1 unspecified atom stereocenters. The van der Waals surface area contributed by atoms with Crippen molar-refractivity contribution in [2.45, 2.75) is 18.9 Å². The van der Waals surface area contributed by atoms with Gasteiger partial charge in [-0.25, -0.2) is 4.39 Å². The minimum absolute atomic E-state index is 0.153. The van der Waals surface area contributed by atoms with Crippen molar-refractivity contribution in [2.24, 2.45) is 0 Å². The summed E-state index contributed by atoms with van der Waals surface area (Å²) in [6, 6.07) is 4.68. The average molecular weight is 242 g/mol. The molecule has 0 amide bonds. The summed E-state index contributed by atoms with van der Waals surface area (Å²) in [5.41, 5.74) is 0.966. The average Bonchev–Trinajstić information content (AvgIpc) is 2.66. The minimum Gasteiger partial charge on any atom is -0.489 e. The van der Waals surface area contributed by atoms with Crippen LogP contribution < -0.4 is 4.74 Å². The summed E-state index contributed by atoms with van der Waals surface area (Å²) in [6.45, 7) is 0.240. The van der Waals surface area contributed by atoms with Crippen molar-refractivity contribution in [3.8, 4) is 5.75 Å². The second kappa shape index (κ2) is 5.55. The third-order valence-corrected chi connectivity index (χ3v) is 3.70. The van der Waals surface area contributed by atoms with Crippen LogP contribution in [0, 0.1) is 5.82 Å². The fourth-order valence-electron chi connectivity index (χ4n) is 1.76. The molecule has 1 aliphatic heterocycles. The van der Waals surface area contributed by atoms with Crippen molar-refractivity contribution < 1.29 is 14.2 Å². The van der Waals surface area contributed by atoms with E-state index in [9.17, 15) is 4.39 Å². The van der Waals surface area contributed by atoms with Crippen LogP contribution in [0.5, 0.6) is 5.75 Å². The van der Waals surface area contributed by atoms with Crippen LogP contribution in [-0.4, -0.2) is 29.3 Å². The lowest BCUT2D eigenvalue weighted by molar-refractivity contribution is 0.259. The summed E-state index contributed by atoms with van der Waals surface area (Å²) in [5.74, 6) is 2.46. The van der Waals surface area contributed by atoms with Gasteiger partial charge in [0.25, 0.3) is 0 Å². The van der Waals surface area contributed by atoms with Crippen molar-refractivity contribution in [2.75, 3.05) is 18.1 Å². The molecule has 0 bridgehead atoms. The van der Waals surface area contributed by atoms with Crippen LogP contribution in [0.4, 0.5) is 4.39 Å². The molecule has 1 aromatic carbocycles. The Morgan fingerprint density at radius 3 is 3.19 bits per heavy atom. The molecule has 88 valence electrons. The summed E-state index contributed by atoms with van der Waals surface area (Å²) in [6.07, 6.45) is 1.76. The van der Waals surface area contributed by atoms with E-state index in [1.165, 1.54) is 6.07 Å². The second-order valence-corrected chi connectivity index (χ2v) is 5.00. The zero-order chi connectivity index (χ0) is 11.4. The van der Waals surface area contributed by atoms with Gasteiger partial charge >= 0.3 is 0 Å². The number of hydrogen-bond donors (Lipinski definition) is 1. The standard InChI is InChI=1S/C12H15FO2S/c13-10-2-3-12-9(6-10)7-11(15-12)8-16-5-1-4-14/h2-3,6,11,14H,1,4-5,7-8H2. The molecule has 2 rings (SSSR count). The van der Waals surface area contributed by atoms with Crippen molar-refractivity contribution in [1.29, 1.82) is 0 Å². The zero-order valence-electron chi connectivity index (χ0n) is 8.99. The maximum atomic E-state index is 13.0. The molecule has 0 aromatic heterocycles. The largest absolute Gasteiger partial charge is 0.489 e. The molecule has 4 heteroatoms. The summed E-state index contributed by atoms with van der Waals surface area (Å²) in [5, 5.41) is 8.64. The molecule has 1 heterocycles. The van der Waals surface area contributed by atoms with Gasteiger partial charge in [0.2, 0.25) is 0 Å². The van der Waals surface area contributed by atoms with Gasteiger partial charge in [0.05, 0.1) is 0 Å². The van der Waals surface area contributed by atoms with Crippen LogP contribution in [-0.2, 0) is 6.42 Å². The number of fused-ring (bicyclic) bond motifs is 1. The third-order valence-electron chi connectivity index (χ3n) is 2.51. The maximum absolute atomic E-state index is 13.0. The molecular weight excluding hydrogens is 227 g/mol. The number of aliphatic hydroxyl groups is 1. The monoisotopic (exact) mass is 242 g/mol. The molecule has 1 N–H and O–H groups in total. The number of aliphatic hydroxyl groups excluding tert-OH is 1. The first-order valence-electron chi connectivity index (χ1n) is 5.43. The molecule has 1 aromatic rings. The van der Waals surface area contributed by atoms with Gasteiger partial charge in [-0.15, -0.1) is 0 Å². The molecule has 0 fully saturated rings. The van der Waals surface area contributed by atoms with Crippen LogP contribution in [0.25, 0.3) is 0 Å². The Hall–Kier alpha value is -0.740. The van der Waals surface area contributed by atoms with E-state index in [0.717, 1.165) is 35.7 Å². The predicted octanol–water partition coefficient (Wildman–Crippen LogP) is 2.24. The van der Waals surface area contributed by atoms with Crippen molar-refractivity contribution in [3.05, 3.63) is 29.6 Å². The zero-order valence-corrected chi connectivity index (χ0v) is 9.80. The van der Waals surface area contributed by atoms with Crippen LogP contribution in [0.3, 0.4) is 0 Å². The van der Waals surface area contributed by atoms with Gasteiger partial charge < -0.3 is 9.84 Å². The Morgan fingerprint density at radius 1 is 1.50 bits per heavy atom. The summed E-state index contributed by atoms with van der Waals surface area (Å²) < 4.78 is 18.6. The van der Waals surface area contributed by atoms with Gasteiger partial charge in [0.15, 0.2) is 0 Å². The Kier molecular flexibility index (Phi) is 4.07. The van der Waals surface area contributed by atoms with Crippen LogP contribution in [0.2, 0.25) is 0 Å². The van der Waals surface area contributed by atoms with Gasteiger partial charge in [0.1, 0.15) is 17.7 Å². The van der Waals surface area contributed by atoms with E-state index in [1.54, 1.807) is 23.9 Å². The second-order valence-electron chi connectivity index (χ2n) is 3.85. The normalized spacial score (nSPS) is 18.2. The number of thioether (sulfide) groups is 1. The first-order valence-corrected chi connectivity index (χ1v) is 6.59. The van der Waals surface area contributed by atoms with E-state index in [4.69, 9.17) is 9.84 Å². The number of rotatable bonds is 5. The fourth-order valence-corrected chi connectivity index (χ4v) is 2.71. The lowest BCUT2D eigenvalue weighted by Crippen LogP contribution is -2.16. The highest BCUT2D eigenvalue weighted by Crippen LogP contribution is 2.30. The molecule has 2 nitrogen and oxygen atoms in total. The van der Waals surface area contributed by atoms with Crippen molar-refractivity contribution >= 4 is 11.8 Å². The van der Waals surface area contributed by atoms with Gasteiger partial charge in [0, 0.05) is 24.3 Å². The third kappa shape index (κ3) is 2.89. The summed E-state index contributed by atoms with van der Waals surface area (Å²) in [4.78, 5) is 0. The van der Waals surface area contributed by atoms with E-state index in [-0.39, 0.29) is 18.5 Å². The first kappa shape index (κ1) is 11.7. The molecule has 0 saturated carbocycles. The lowest BCUT2D eigenvalue weighted by atomic mass is 10.1. The van der Waals surface area contributed by atoms with E-state index in [2.05, 4.69) is 0 Å². The molecule has 0 aliphatic carbocycles. The Morgan fingerprint density at radius 2 is 2.38 bits per heavy atom. The minimum atomic E-state index is -0.198. The van der Waals surface area contributed by atoms with Gasteiger partial charge in [-0.1, -0.05) is 0 Å². The molecule has 0 radical (unpaired) electrons. The smallest absolute Gasteiger partial charge is 0.123 e. The van der Waals surface area contributed by atoms with Crippen molar-refractivity contribution in [3.63, 3.8) is 0 Å². The molecule has 16 heavy (non-hydrogen) atoms. The molecule has 1 aliphatic rings. The molecule has 1 atom stereocenters. The quantitative estimate of drug-likeness (QED) is 0.803. The number of benzene rings is 1. The van der Waals surface area contributed by atoms with Gasteiger partial charge in [-0.3, -0.25) is 0 Å². The Labute approximate surface area is 98.8 Å². The van der Waals surface area contributed by atoms with Gasteiger partial charge in [-0.2, -0.15) is 11.8 Å². The molecule has 0 saturated heterocycles. The first-order chi connectivity index (χ1) is 7.79. The topological polar surface area (TPSA) is 29.5 Å². The number of halogens is 1. The highest BCUT2D eigenvalue weighted by molar-refractivity contribution is 7.99. The number of hydrogen-bond acceptors (Lipinski definition) is 3. The molecule has 0 spiro atoms.